The minimum absolute atomic E-state index is 0.0666. The fourth-order valence-corrected chi connectivity index (χ4v) is 2.52. The van der Waals surface area contributed by atoms with Gasteiger partial charge in [-0.1, -0.05) is 13.3 Å². The molecule has 0 aliphatic rings. The summed E-state index contributed by atoms with van der Waals surface area (Å²) in [6.45, 7) is 3.63. The molecule has 10 nitrogen and oxygen atoms in total. The topological polar surface area (TPSA) is 132 Å². The van der Waals surface area contributed by atoms with Gasteiger partial charge in [-0.15, -0.1) is 0 Å². The van der Waals surface area contributed by atoms with Gasteiger partial charge in [-0.25, -0.2) is 9.78 Å². The van der Waals surface area contributed by atoms with Crippen molar-refractivity contribution in [2.75, 3.05) is 11.9 Å². The molecule has 3 aromatic heterocycles. The summed E-state index contributed by atoms with van der Waals surface area (Å²) in [6.07, 6.45) is 2.89. The molecule has 0 atom stereocenters. The van der Waals surface area contributed by atoms with Gasteiger partial charge in [0.25, 0.3) is 5.56 Å². The predicted molar refractivity (Wildman–Crippen MR) is 98.9 cm³/mol. The maximum absolute atomic E-state index is 12.1. The number of anilines is 1. The molecule has 3 rings (SSSR count). The molecule has 2 N–H and O–H groups in total. The summed E-state index contributed by atoms with van der Waals surface area (Å²) in [5.74, 6) is -1.33. The van der Waals surface area contributed by atoms with Gasteiger partial charge in [0.2, 0.25) is 5.95 Å². The Kier molecular flexibility index (Phi) is 5.68. The number of esters is 1. The van der Waals surface area contributed by atoms with E-state index in [0.717, 1.165) is 6.42 Å². The van der Waals surface area contributed by atoms with Crippen molar-refractivity contribution < 1.29 is 18.7 Å². The van der Waals surface area contributed by atoms with E-state index in [1.165, 1.54) is 23.1 Å². The van der Waals surface area contributed by atoms with Gasteiger partial charge in [0.05, 0.1) is 12.9 Å². The van der Waals surface area contributed by atoms with E-state index in [9.17, 15) is 14.4 Å². The van der Waals surface area contributed by atoms with Crippen molar-refractivity contribution in [1.82, 2.24) is 19.7 Å². The highest BCUT2D eigenvalue weighted by molar-refractivity contribution is 6.37. The maximum Gasteiger partial charge on any atom is 0.397 e. The number of aromatic nitrogens is 4. The third-order valence-corrected chi connectivity index (χ3v) is 3.67. The number of H-pyrrole nitrogens is 1. The molecule has 0 bridgehead atoms. The number of carbonyl (C=O) groups excluding carboxylic acids is 2. The minimum Gasteiger partial charge on any atom is -0.463 e. The number of carbonyl (C=O) groups is 2. The van der Waals surface area contributed by atoms with Gasteiger partial charge in [-0.2, -0.15) is 9.78 Å². The number of ether oxygens (including phenoxy) is 1. The van der Waals surface area contributed by atoms with Crippen LogP contribution >= 0.6 is 0 Å². The Hall–Kier alpha value is -3.69. The van der Waals surface area contributed by atoms with E-state index < -0.39 is 11.9 Å². The summed E-state index contributed by atoms with van der Waals surface area (Å²) in [7, 11) is 0. The van der Waals surface area contributed by atoms with E-state index >= 15 is 0 Å². The lowest BCUT2D eigenvalue weighted by atomic mass is 10.2. The van der Waals surface area contributed by atoms with Gasteiger partial charge < -0.3 is 14.5 Å². The Morgan fingerprint density at radius 3 is 2.82 bits per heavy atom. The molecule has 0 aromatic carbocycles. The Morgan fingerprint density at radius 2 is 2.14 bits per heavy atom. The van der Waals surface area contributed by atoms with Crippen LogP contribution < -0.4 is 10.9 Å². The standard InChI is InChI=1S/C18H19N5O5/c1-3-6-11-9-15(24)21-18(19-11)23-14(20-16(25)17(26)27-4-2)10-12(22-23)13-7-5-8-28-13/h5,7-10H,3-4,6H2,1-2H3,(H,20,25)(H,19,21,24). The second-order valence-electron chi connectivity index (χ2n) is 5.79. The molecule has 0 radical (unpaired) electrons. The molecule has 0 fully saturated rings. The number of hydrogen-bond donors (Lipinski definition) is 2. The number of nitrogens with zero attached hydrogens (tertiary/aromatic N) is 3. The summed E-state index contributed by atoms with van der Waals surface area (Å²) < 4.78 is 11.3. The highest BCUT2D eigenvalue weighted by Crippen LogP contribution is 2.24. The number of rotatable bonds is 6. The molecule has 0 spiro atoms. The molecule has 3 aromatic rings. The molecular formula is C18H19N5O5. The Morgan fingerprint density at radius 1 is 1.32 bits per heavy atom. The number of aryl methyl sites for hydroxylation is 1. The molecular weight excluding hydrogens is 366 g/mol. The second kappa shape index (κ2) is 8.33. The Balaban J connectivity index is 2.05. The first kappa shape index (κ1) is 19.1. The third-order valence-electron chi connectivity index (χ3n) is 3.67. The molecule has 0 unspecified atom stereocenters. The number of hydrogen-bond acceptors (Lipinski definition) is 7. The van der Waals surface area contributed by atoms with Crippen molar-refractivity contribution in [3.8, 4) is 17.4 Å². The van der Waals surface area contributed by atoms with E-state index in [1.807, 2.05) is 6.92 Å². The zero-order chi connectivity index (χ0) is 20.1. The van der Waals surface area contributed by atoms with Crippen LogP contribution in [0.25, 0.3) is 17.4 Å². The van der Waals surface area contributed by atoms with Gasteiger partial charge in [0, 0.05) is 17.8 Å². The van der Waals surface area contributed by atoms with Crippen molar-refractivity contribution in [3.05, 3.63) is 46.6 Å². The van der Waals surface area contributed by atoms with Gasteiger partial charge in [0.1, 0.15) is 11.5 Å². The normalized spacial score (nSPS) is 10.6. The Labute approximate surface area is 159 Å². The number of aromatic amines is 1. The number of nitrogens with one attached hydrogen (secondary N) is 2. The monoisotopic (exact) mass is 385 g/mol. The van der Waals surface area contributed by atoms with Gasteiger partial charge in [0.15, 0.2) is 5.76 Å². The van der Waals surface area contributed by atoms with Gasteiger partial charge >= 0.3 is 11.9 Å². The minimum atomic E-state index is -1.03. The summed E-state index contributed by atoms with van der Waals surface area (Å²) in [6, 6.07) is 6.28. The first-order valence-corrected chi connectivity index (χ1v) is 8.74. The largest absolute Gasteiger partial charge is 0.463 e. The average molecular weight is 385 g/mol. The van der Waals surface area contributed by atoms with Crippen LogP contribution in [0.5, 0.6) is 0 Å². The fraction of sp³-hybridized carbons (Fsp3) is 0.278. The van der Waals surface area contributed by atoms with Crippen LogP contribution in [0.2, 0.25) is 0 Å². The molecule has 28 heavy (non-hydrogen) atoms. The van der Waals surface area contributed by atoms with E-state index in [0.29, 0.717) is 23.6 Å². The van der Waals surface area contributed by atoms with Gasteiger partial charge in [-0.3, -0.25) is 14.6 Å². The summed E-state index contributed by atoms with van der Waals surface area (Å²) >= 11 is 0. The lowest BCUT2D eigenvalue weighted by Gasteiger charge is -2.08. The quantitative estimate of drug-likeness (QED) is 0.487. The molecule has 0 aliphatic carbocycles. The molecule has 3 heterocycles. The average Bonchev–Trinajstić information content (AvgIpc) is 3.31. The van der Waals surface area contributed by atoms with Crippen LogP contribution in [0, 0.1) is 0 Å². The highest BCUT2D eigenvalue weighted by atomic mass is 16.5. The summed E-state index contributed by atoms with van der Waals surface area (Å²) in [5, 5.41) is 6.78. The lowest BCUT2D eigenvalue weighted by molar-refractivity contribution is -0.152. The van der Waals surface area contributed by atoms with Crippen molar-refractivity contribution in [2.45, 2.75) is 26.7 Å². The fourth-order valence-electron chi connectivity index (χ4n) is 2.52. The first-order chi connectivity index (χ1) is 13.5. The summed E-state index contributed by atoms with van der Waals surface area (Å²) in [4.78, 5) is 42.7. The predicted octanol–water partition coefficient (Wildman–Crippen LogP) is 1.67. The van der Waals surface area contributed by atoms with Crippen LogP contribution in [-0.2, 0) is 20.7 Å². The van der Waals surface area contributed by atoms with Crippen LogP contribution in [0.3, 0.4) is 0 Å². The van der Waals surface area contributed by atoms with Crippen LogP contribution in [0.4, 0.5) is 5.82 Å². The zero-order valence-corrected chi connectivity index (χ0v) is 15.4. The number of amides is 1. The molecule has 146 valence electrons. The van der Waals surface area contributed by atoms with E-state index in [1.54, 1.807) is 19.1 Å². The number of furan rings is 1. The highest BCUT2D eigenvalue weighted by Gasteiger charge is 2.21. The smallest absolute Gasteiger partial charge is 0.397 e. The van der Waals surface area contributed by atoms with E-state index in [-0.39, 0.29) is 23.9 Å². The maximum atomic E-state index is 12.1. The van der Waals surface area contributed by atoms with Crippen molar-refractivity contribution in [1.29, 1.82) is 0 Å². The van der Waals surface area contributed by atoms with E-state index in [4.69, 9.17) is 9.15 Å². The van der Waals surface area contributed by atoms with Crippen molar-refractivity contribution >= 4 is 17.7 Å². The summed E-state index contributed by atoms with van der Waals surface area (Å²) in [5.41, 5.74) is 0.609. The first-order valence-electron chi connectivity index (χ1n) is 8.74. The van der Waals surface area contributed by atoms with Crippen LogP contribution in [0.1, 0.15) is 26.0 Å². The molecule has 1 amide bonds. The zero-order valence-electron chi connectivity index (χ0n) is 15.4. The SMILES string of the molecule is CCCc1cc(=O)[nH]c(-n2nc(-c3ccco3)cc2NC(=O)C(=O)OCC)n1. The van der Waals surface area contributed by atoms with Crippen molar-refractivity contribution in [2.24, 2.45) is 0 Å². The second-order valence-corrected chi connectivity index (χ2v) is 5.79. The molecule has 0 saturated heterocycles. The molecule has 0 aliphatic heterocycles. The third kappa shape index (κ3) is 4.17. The van der Waals surface area contributed by atoms with E-state index in [2.05, 4.69) is 20.4 Å². The molecule has 0 saturated carbocycles. The van der Waals surface area contributed by atoms with Crippen LogP contribution in [-0.4, -0.2) is 38.2 Å². The molecule has 10 heteroatoms. The van der Waals surface area contributed by atoms with Crippen LogP contribution in [0.15, 0.2) is 39.7 Å². The lowest BCUT2D eigenvalue weighted by Crippen LogP contribution is -2.26. The Bertz CT molecular complexity index is 1040. The van der Waals surface area contributed by atoms with Crippen molar-refractivity contribution in [3.63, 3.8) is 0 Å². The van der Waals surface area contributed by atoms with Gasteiger partial charge in [-0.05, 0) is 25.5 Å².